The number of nitrogens with zero attached hydrogens (tertiary/aromatic N) is 3. The van der Waals surface area contributed by atoms with Crippen LogP contribution in [0.25, 0.3) is 11.4 Å². The van der Waals surface area contributed by atoms with Crippen molar-refractivity contribution in [1.29, 1.82) is 0 Å². The summed E-state index contributed by atoms with van der Waals surface area (Å²) in [6, 6.07) is 14.4. The van der Waals surface area contributed by atoms with Crippen LogP contribution in [-0.2, 0) is 19.9 Å². The number of benzene rings is 2. The highest BCUT2D eigenvalue weighted by molar-refractivity contribution is 6.31. The van der Waals surface area contributed by atoms with Gasteiger partial charge in [-0.3, -0.25) is 10.1 Å². The number of halogens is 1. The van der Waals surface area contributed by atoms with Crippen molar-refractivity contribution in [3.63, 3.8) is 0 Å². The van der Waals surface area contributed by atoms with E-state index in [1.54, 1.807) is 48.1 Å². The fourth-order valence-corrected chi connectivity index (χ4v) is 4.32. The first kappa shape index (κ1) is 26.7. The number of aromatic nitrogens is 3. The van der Waals surface area contributed by atoms with Crippen LogP contribution < -0.4 is 21.1 Å². The molecular weight excluding hydrogens is 504 g/mol. The average Bonchev–Trinajstić information content (AvgIpc) is 3.18. The monoisotopic (exact) mass is 532 g/mol. The second-order valence-corrected chi connectivity index (χ2v) is 9.06. The highest BCUT2D eigenvalue weighted by Crippen LogP contribution is 2.34. The number of rotatable bonds is 8. The molecule has 0 radical (unpaired) electrons. The number of amides is 2. The summed E-state index contributed by atoms with van der Waals surface area (Å²) in [5.74, 6) is 0.0588. The predicted molar refractivity (Wildman–Crippen MR) is 149 cm³/mol. The number of nitrogens with one attached hydrogen (secondary N) is 2. The molecule has 0 aliphatic carbocycles. The molecule has 2 amide bonds. The van der Waals surface area contributed by atoms with Gasteiger partial charge in [0.05, 0.1) is 17.1 Å². The van der Waals surface area contributed by atoms with Gasteiger partial charge in [0.1, 0.15) is 0 Å². The molecule has 2 aromatic carbocycles. The summed E-state index contributed by atoms with van der Waals surface area (Å²) in [6.45, 7) is 5.93. The van der Waals surface area contributed by atoms with E-state index in [1.165, 1.54) is 0 Å². The van der Waals surface area contributed by atoms with Gasteiger partial charge in [-0.15, -0.1) is 0 Å². The smallest absolute Gasteiger partial charge is 0.407 e. The van der Waals surface area contributed by atoms with Gasteiger partial charge in [0, 0.05) is 30.6 Å². The van der Waals surface area contributed by atoms with Crippen LogP contribution in [0.4, 0.5) is 22.1 Å². The molecule has 9 nitrogen and oxygen atoms in total. The summed E-state index contributed by atoms with van der Waals surface area (Å²) in [7, 11) is 1.76. The van der Waals surface area contributed by atoms with Gasteiger partial charge < -0.3 is 20.4 Å². The van der Waals surface area contributed by atoms with Crippen LogP contribution in [0.3, 0.4) is 0 Å². The summed E-state index contributed by atoms with van der Waals surface area (Å²) in [5, 5.41) is 6.29. The topological polar surface area (TPSA) is 124 Å². The van der Waals surface area contributed by atoms with Gasteiger partial charge in [0.25, 0.3) is 0 Å². The van der Waals surface area contributed by atoms with E-state index >= 15 is 0 Å². The van der Waals surface area contributed by atoms with Gasteiger partial charge >= 0.3 is 6.09 Å². The van der Waals surface area contributed by atoms with E-state index in [2.05, 4.69) is 20.6 Å². The number of nitrogens with two attached hydrogens (primary N) is 1. The van der Waals surface area contributed by atoms with E-state index in [0.717, 1.165) is 40.9 Å². The Hall–Kier alpha value is -4.37. The molecule has 0 aliphatic heterocycles. The first-order chi connectivity index (χ1) is 18.2. The second kappa shape index (κ2) is 11.4. The lowest BCUT2D eigenvalue weighted by atomic mass is 10.0. The molecule has 2 heterocycles. The first-order valence-electron chi connectivity index (χ1n) is 12.2. The Morgan fingerprint density at radius 2 is 1.79 bits per heavy atom. The largest absolute Gasteiger partial charge is 0.417 e. The maximum Gasteiger partial charge on any atom is 0.417 e. The maximum atomic E-state index is 12.8. The van der Waals surface area contributed by atoms with E-state index in [-0.39, 0.29) is 10.9 Å². The van der Waals surface area contributed by atoms with Gasteiger partial charge in [-0.1, -0.05) is 43.6 Å². The summed E-state index contributed by atoms with van der Waals surface area (Å²) in [4.78, 5) is 33.1. The molecule has 0 spiro atoms. The molecule has 4 rings (SSSR count). The van der Waals surface area contributed by atoms with Gasteiger partial charge in [-0.25, -0.2) is 14.8 Å². The van der Waals surface area contributed by atoms with Crippen molar-refractivity contribution in [2.75, 3.05) is 10.6 Å². The standard InChI is InChI=1S/C28H29ClN6O3/c1-5-17-8-7-9-18(6-2)24(17)34-28(37)38-23-15-22(35(4)25(23)29)21-12-13-31-27(33-21)32-20-11-10-19(26(30)36)14-16(20)3/h7-15H,5-6H2,1-4H3,(H2,30,36)(H,34,37)(H,31,32,33). The van der Waals surface area contributed by atoms with Crippen LogP contribution in [-0.4, -0.2) is 26.5 Å². The number of primary amides is 1. The number of hydrogen-bond acceptors (Lipinski definition) is 6. The molecule has 0 atom stereocenters. The van der Waals surface area contributed by atoms with Crippen molar-refractivity contribution in [3.05, 3.63) is 82.1 Å². The van der Waals surface area contributed by atoms with Crippen molar-refractivity contribution in [3.8, 4) is 17.1 Å². The lowest BCUT2D eigenvalue weighted by Gasteiger charge is -2.14. The Labute approximate surface area is 226 Å². The molecule has 0 saturated heterocycles. The zero-order chi connectivity index (χ0) is 27.4. The normalized spacial score (nSPS) is 10.8. The van der Waals surface area contributed by atoms with Crippen LogP contribution in [0.1, 0.15) is 40.9 Å². The Kier molecular flexibility index (Phi) is 7.97. The average molecular weight is 533 g/mol. The number of anilines is 3. The zero-order valence-electron chi connectivity index (χ0n) is 21.6. The third-order valence-electron chi connectivity index (χ3n) is 6.23. The zero-order valence-corrected chi connectivity index (χ0v) is 22.4. The summed E-state index contributed by atoms with van der Waals surface area (Å²) < 4.78 is 7.28. The van der Waals surface area contributed by atoms with E-state index in [9.17, 15) is 9.59 Å². The molecule has 0 unspecified atom stereocenters. The molecule has 0 bridgehead atoms. The van der Waals surface area contributed by atoms with Crippen molar-refractivity contribution >= 4 is 40.9 Å². The Bertz CT molecular complexity index is 1490. The maximum absolute atomic E-state index is 12.8. The van der Waals surface area contributed by atoms with Gasteiger partial charge in [-0.2, -0.15) is 0 Å². The van der Waals surface area contributed by atoms with Crippen LogP contribution >= 0.6 is 11.6 Å². The Morgan fingerprint density at radius 3 is 2.42 bits per heavy atom. The SMILES string of the molecule is CCc1cccc(CC)c1NC(=O)Oc1cc(-c2ccnc(Nc3ccc(C(N)=O)cc3C)n2)n(C)c1Cl. The van der Waals surface area contributed by atoms with E-state index in [0.29, 0.717) is 22.9 Å². The predicted octanol–water partition coefficient (Wildman–Crippen LogP) is 6.02. The molecule has 0 aliphatic rings. The van der Waals surface area contributed by atoms with Crippen LogP contribution in [0, 0.1) is 6.92 Å². The van der Waals surface area contributed by atoms with Gasteiger partial charge in [-0.05, 0) is 60.7 Å². The summed E-state index contributed by atoms with van der Waals surface area (Å²) in [6.07, 6.45) is 2.54. The highest BCUT2D eigenvalue weighted by atomic mass is 35.5. The molecule has 2 aromatic heterocycles. The van der Waals surface area contributed by atoms with Crippen molar-refractivity contribution in [2.45, 2.75) is 33.6 Å². The third kappa shape index (κ3) is 5.63. The summed E-state index contributed by atoms with van der Waals surface area (Å²) >= 11 is 6.52. The van der Waals surface area contributed by atoms with Gasteiger partial charge in [0.2, 0.25) is 11.9 Å². The number of ether oxygens (including phenoxy) is 1. The van der Waals surface area contributed by atoms with Crippen LogP contribution in [0.5, 0.6) is 5.75 Å². The fraction of sp³-hybridized carbons (Fsp3) is 0.214. The van der Waals surface area contributed by atoms with Crippen molar-refractivity contribution in [2.24, 2.45) is 12.8 Å². The number of carbonyl (C=O) groups excluding carboxylic acids is 2. The fourth-order valence-electron chi connectivity index (χ4n) is 4.14. The van der Waals surface area contributed by atoms with E-state index < -0.39 is 12.0 Å². The number of para-hydroxylation sites is 1. The first-order valence-corrected chi connectivity index (χ1v) is 12.5. The van der Waals surface area contributed by atoms with Crippen molar-refractivity contribution < 1.29 is 14.3 Å². The Morgan fingerprint density at radius 1 is 1.08 bits per heavy atom. The minimum absolute atomic E-state index is 0.208. The minimum atomic E-state index is -0.625. The minimum Gasteiger partial charge on any atom is -0.407 e. The molecule has 10 heteroatoms. The van der Waals surface area contributed by atoms with Crippen LogP contribution in [0.2, 0.25) is 5.15 Å². The van der Waals surface area contributed by atoms with E-state index in [4.69, 9.17) is 22.1 Å². The number of carbonyl (C=O) groups is 2. The molecule has 4 aromatic rings. The van der Waals surface area contributed by atoms with E-state index in [1.807, 2.05) is 39.0 Å². The molecule has 0 saturated carbocycles. The quantitative estimate of drug-likeness (QED) is 0.255. The molecule has 0 fully saturated rings. The Balaban J connectivity index is 1.55. The van der Waals surface area contributed by atoms with Crippen molar-refractivity contribution in [1.82, 2.24) is 14.5 Å². The lowest BCUT2D eigenvalue weighted by Crippen LogP contribution is -2.19. The molecular formula is C28H29ClN6O3. The molecule has 4 N–H and O–H groups in total. The highest BCUT2D eigenvalue weighted by Gasteiger charge is 2.19. The third-order valence-corrected chi connectivity index (χ3v) is 6.67. The number of hydrogen-bond donors (Lipinski definition) is 3. The van der Waals surface area contributed by atoms with Gasteiger partial charge in [0.15, 0.2) is 10.9 Å². The summed E-state index contributed by atoms with van der Waals surface area (Å²) in [5.41, 5.74) is 11.3. The lowest BCUT2D eigenvalue weighted by molar-refractivity contribution is 0.1000. The van der Waals surface area contributed by atoms with Crippen LogP contribution in [0.15, 0.2) is 54.7 Å². The molecule has 196 valence electrons. The molecule has 38 heavy (non-hydrogen) atoms. The number of aryl methyl sites for hydroxylation is 3. The second-order valence-electron chi connectivity index (χ2n) is 8.70.